The molecule has 0 spiro atoms. The highest BCUT2D eigenvalue weighted by Gasteiger charge is 2.18. The minimum absolute atomic E-state index is 0.118. The molecule has 0 amide bonds. The zero-order chi connectivity index (χ0) is 10.7. The van der Waals surface area contributed by atoms with Gasteiger partial charge in [0, 0.05) is 14.9 Å². The predicted octanol–water partition coefficient (Wildman–Crippen LogP) is 4.20. The third-order valence-corrected chi connectivity index (χ3v) is 4.43. The van der Waals surface area contributed by atoms with Gasteiger partial charge in [0.05, 0.1) is 4.83 Å². The first-order valence-electron chi connectivity index (χ1n) is 4.05. The molecule has 14 heavy (non-hydrogen) atoms. The van der Waals surface area contributed by atoms with Crippen molar-refractivity contribution in [2.24, 2.45) is 0 Å². The molecule has 0 saturated heterocycles. The molecule has 0 bridgehead atoms. The summed E-state index contributed by atoms with van der Waals surface area (Å²) in [4.78, 5) is 12.2. The van der Waals surface area contributed by atoms with Gasteiger partial charge in [0.25, 0.3) is 0 Å². The van der Waals surface area contributed by atoms with Crippen LogP contribution in [-0.4, -0.2) is 12.0 Å². The summed E-state index contributed by atoms with van der Waals surface area (Å²) >= 11 is 8.50. The second kappa shape index (κ2) is 5.33. The number of hydrogen-bond acceptors (Lipinski definition) is 2. The number of ketones is 1. The van der Waals surface area contributed by atoms with E-state index in [1.54, 1.807) is 18.7 Å². The SMILES string of the molecule is CSc1cccc(Br)c1C(Br)C(C)=O. The van der Waals surface area contributed by atoms with Gasteiger partial charge in [0.2, 0.25) is 0 Å². The average molecular weight is 338 g/mol. The van der Waals surface area contributed by atoms with Gasteiger partial charge >= 0.3 is 0 Å². The third kappa shape index (κ3) is 2.61. The van der Waals surface area contributed by atoms with Crippen LogP contribution in [0.2, 0.25) is 0 Å². The van der Waals surface area contributed by atoms with Crippen LogP contribution < -0.4 is 0 Å². The number of Topliss-reactive ketones (excluding diaryl/α,β-unsaturated/α-hetero) is 1. The summed E-state index contributed by atoms with van der Waals surface area (Å²) in [5.41, 5.74) is 1.02. The average Bonchev–Trinajstić information content (AvgIpc) is 2.16. The van der Waals surface area contributed by atoms with Crippen LogP contribution in [0.4, 0.5) is 0 Å². The summed E-state index contributed by atoms with van der Waals surface area (Å²) in [6, 6.07) is 5.94. The number of alkyl halides is 1. The van der Waals surface area contributed by atoms with Crippen molar-refractivity contribution >= 4 is 49.4 Å². The van der Waals surface area contributed by atoms with Crippen molar-refractivity contribution in [3.8, 4) is 0 Å². The van der Waals surface area contributed by atoms with E-state index < -0.39 is 0 Å². The van der Waals surface area contributed by atoms with E-state index in [1.807, 2.05) is 24.5 Å². The maximum Gasteiger partial charge on any atom is 0.147 e. The number of carbonyl (C=O) groups is 1. The van der Waals surface area contributed by atoms with E-state index in [9.17, 15) is 4.79 Å². The molecule has 0 aliphatic heterocycles. The first-order chi connectivity index (χ1) is 6.57. The van der Waals surface area contributed by atoms with Crippen LogP contribution in [0, 0.1) is 0 Å². The van der Waals surface area contributed by atoms with Crippen molar-refractivity contribution in [1.82, 2.24) is 0 Å². The van der Waals surface area contributed by atoms with Crippen LogP contribution in [-0.2, 0) is 4.79 Å². The molecule has 76 valence electrons. The molecule has 0 radical (unpaired) electrons. The summed E-state index contributed by atoms with van der Waals surface area (Å²) in [6.45, 7) is 1.59. The van der Waals surface area contributed by atoms with E-state index in [0.717, 1.165) is 14.9 Å². The number of rotatable bonds is 3. The third-order valence-electron chi connectivity index (χ3n) is 1.84. The number of thioether (sulfide) groups is 1. The Morgan fingerprint density at radius 2 is 2.14 bits per heavy atom. The quantitative estimate of drug-likeness (QED) is 0.607. The lowest BCUT2D eigenvalue weighted by Gasteiger charge is -2.13. The summed E-state index contributed by atoms with van der Waals surface area (Å²) < 4.78 is 0.974. The van der Waals surface area contributed by atoms with E-state index in [1.165, 1.54) is 0 Å². The molecule has 1 aromatic carbocycles. The Hall–Kier alpha value is 0.200. The van der Waals surface area contributed by atoms with E-state index in [-0.39, 0.29) is 10.6 Å². The Morgan fingerprint density at radius 3 is 2.64 bits per heavy atom. The highest BCUT2D eigenvalue weighted by atomic mass is 79.9. The van der Waals surface area contributed by atoms with Crippen molar-refractivity contribution in [2.75, 3.05) is 6.26 Å². The molecule has 1 atom stereocenters. The van der Waals surface area contributed by atoms with Crippen LogP contribution in [0.15, 0.2) is 27.6 Å². The van der Waals surface area contributed by atoms with E-state index in [4.69, 9.17) is 0 Å². The Bertz CT molecular complexity index is 352. The number of halogens is 2. The second-order valence-corrected chi connectivity index (χ2v) is 5.45. The number of hydrogen-bond donors (Lipinski definition) is 0. The topological polar surface area (TPSA) is 17.1 Å². The van der Waals surface area contributed by atoms with Crippen molar-refractivity contribution < 1.29 is 4.79 Å². The van der Waals surface area contributed by atoms with Crippen LogP contribution >= 0.6 is 43.6 Å². The van der Waals surface area contributed by atoms with E-state index in [0.29, 0.717) is 0 Å². The molecule has 1 rings (SSSR count). The second-order valence-electron chi connectivity index (χ2n) is 2.83. The van der Waals surface area contributed by atoms with E-state index >= 15 is 0 Å². The van der Waals surface area contributed by atoms with Gasteiger partial charge in [-0.2, -0.15) is 0 Å². The summed E-state index contributed by atoms with van der Waals surface area (Å²) in [7, 11) is 0. The molecule has 0 fully saturated rings. The van der Waals surface area contributed by atoms with Crippen molar-refractivity contribution in [3.05, 3.63) is 28.2 Å². The monoisotopic (exact) mass is 336 g/mol. The molecule has 0 N–H and O–H groups in total. The first kappa shape index (κ1) is 12.3. The van der Waals surface area contributed by atoms with Gasteiger partial charge in [0.1, 0.15) is 5.78 Å². The number of carbonyl (C=O) groups excluding carboxylic acids is 1. The fraction of sp³-hybridized carbons (Fsp3) is 0.300. The van der Waals surface area contributed by atoms with Crippen molar-refractivity contribution in [3.63, 3.8) is 0 Å². The molecule has 1 nitrogen and oxygen atoms in total. The van der Waals surface area contributed by atoms with E-state index in [2.05, 4.69) is 31.9 Å². The first-order valence-corrected chi connectivity index (χ1v) is 6.98. The number of benzene rings is 1. The van der Waals surface area contributed by atoms with Crippen LogP contribution in [0.25, 0.3) is 0 Å². The minimum Gasteiger partial charge on any atom is -0.298 e. The highest BCUT2D eigenvalue weighted by molar-refractivity contribution is 9.11. The molecule has 0 saturated carbocycles. The Balaban J connectivity index is 3.23. The molecular formula is C10H10Br2OS. The van der Waals surface area contributed by atoms with Gasteiger partial charge in [-0.15, -0.1) is 11.8 Å². The van der Waals surface area contributed by atoms with Gasteiger partial charge < -0.3 is 0 Å². The van der Waals surface area contributed by atoms with Crippen molar-refractivity contribution in [1.29, 1.82) is 0 Å². The van der Waals surface area contributed by atoms with Crippen LogP contribution in [0.3, 0.4) is 0 Å². The molecule has 0 aromatic heterocycles. The zero-order valence-electron chi connectivity index (χ0n) is 7.88. The standard InChI is InChI=1S/C10H10Br2OS/c1-6(13)10(12)9-7(11)4-3-5-8(9)14-2/h3-5,10H,1-2H3. The summed E-state index contributed by atoms with van der Waals surface area (Å²) in [6.07, 6.45) is 2.01. The zero-order valence-corrected chi connectivity index (χ0v) is 11.9. The fourth-order valence-corrected chi connectivity index (χ4v) is 3.49. The van der Waals surface area contributed by atoms with Crippen LogP contribution in [0.1, 0.15) is 17.3 Å². The lowest BCUT2D eigenvalue weighted by molar-refractivity contribution is -0.116. The smallest absolute Gasteiger partial charge is 0.147 e. The lowest BCUT2D eigenvalue weighted by atomic mass is 10.1. The molecule has 0 aliphatic carbocycles. The Labute approximate surface area is 105 Å². The largest absolute Gasteiger partial charge is 0.298 e. The molecule has 1 aromatic rings. The summed E-state index contributed by atoms with van der Waals surface area (Å²) in [5, 5.41) is 0. The molecular weight excluding hydrogens is 328 g/mol. The predicted molar refractivity (Wildman–Crippen MR) is 68.3 cm³/mol. The highest BCUT2D eigenvalue weighted by Crippen LogP contribution is 2.37. The van der Waals surface area contributed by atoms with Gasteiger partial charge in [-0.05, 0) is 25.3 Å². The minimum atomic E-state index is -0.222. The lowest BCUT2D eigenvalue weighted by Crippen LogP contribution is -2.03. The molecule has 0 aliphatic rings. The van der Waals surface area contributed by atoms with Gasteiger partial charge in [-0.25, -0.2) is 0 Å². The van der Waals surface area contributed by atoms with Gasteiger partial charge in [0.15, 0.2) is 0 Å². The molecule has 4 heteroatoms. The Kier molecular flexibility index (Phi) is 4.67. The summed E-state index contributed by atoms with van der Waals surface area (Å²) in [5.74, 6) is 0.118. The maximum atomic E-state index is 11.3. The maximum absolute atomic E-state index is 11.3. The normalized spacial score (nSPS) is 12.6. The molecule has 0 heterocycles. The Morgan fingerprint density at radius 1 is 1.50 bits per heavy atom. The van der Waals surface area contributed by atoms with Crippen LogP contribution in [0.5, 0.6) is 0 Å². The van der Waals surface area contributed by atoms with Crippen molar-refractivity contribution in [2.45, 2.75) is 16.6 Å². The van der Waals surface area contributed by atoms with Gasteiger partial charge in [-0.1, -0.05) is 37.9 Å². The molecule has 1 unspecified atom stereocenters. The van der Waals surface area contributed by atoms with Gasteiger partial charge in [-0.3, -0.25) is 4.79 Å². The fourth-order valence-electron chi connectivity index (χ4n) is 1.14.